The van der Waals surface area contributed by atoms with Gasteiger partial charge in [0.15, 0.2) is 0 Å². The van der Waals surface area contributed by atoms with Gasteiger partial charge in [-0.25, -0.2) is 0 Å². The van der Waals surface area contributed by atoms with Gasteiger partial charge >= 0.3 is 6.18 Å². The maximum Gasteiger partial charge on any atom is 0.426 e. The van der Waals surface area contributed by atoms with Crippen LogP contribution < -0.4 is 5.11 Å². The molecular formula is C24H13ClF3N4O3S-. The number of hydrogen-bond acceptors (Lipinski definition) is 7. The van der Waals surface area contributed by atoms with Crippen molar-refractivity contribution in [1.82, 2.24) is 19.9 Å². The summed E-state index contributed by atoms with van der Waals surface area (Å²) in [6.07, 6.45) is -3.06. The van der Waals surface area contributed by atoms with Gasteiger partial charge in [0, 0.05) is 22.3 Å². The molecule has 3 heterocycles. The minimum absolute atomic E-state index is 0.0377. The Morgan fingerprint density at radius 2 is 1.86 bits per heavy atom. The van der Waals surface area contributed by atoms with Gasteiger partial charge in [0.1, 0.15) is 10.6 Å². The van der Waals surface area contributed by atoms with Gasteiger partial charge in [0.25, 0.3) is 5.89 Å². The van der Waals surface area contributed by atoms with Crippen LogP contribution in [0.1, 0.15) is 20.9 Å². The fourth-order valence-electron chi connectivity index (χ4n) is 3.53. The molecule has 0 aliphatic heterocycles. The topological polar surface area (TPSA) is 96.9 Å². The van der Waals surface area contributed by atoms with Crippen LogP contribution >= 0.6 is 22.9 Å². The Balaban J connectivity index is 1.42. The van der Waals surface area contributed by atoms with Crippen LogP contribution in [0.2, 0.25) is 5.02 Å². The Morgan fingerprint density at radius 3 is 2.53 bits per heavy atom. The smallest absolute Gasteiger partial charge is 0.426 e. The van der Waals surface area contributed by atoms with Crippen molar-refractivity contribution in [3.8, 4) is 33.3 Å². The van der Waals surface area contributed by atoms with E-state index in [0.717, 1.165) is 0 Å². The number of carboxylic acids is 1. The number of aromatic nitrogens is 4. The highest BCUT2D eigenvalue weighted by Crippen LogP contribution is 2.45. The summed E-state index contributed by atoms with van der Waals surface area (Å²) >= 11 is 6.92. The van der Waals surface area contributed by atoms with Crippen molar-refractivity contribution >= 4 is 28.9 Å². The predicted octanol–water partition coefficient (Wildman–Crippen LogP) is 5.41. The Labute approximate surface area is 210 Å². The summed E-state index contributed by atoms with van der Waals surface area (Å²) in [5, 5.41) is 19.0. The summed E-state index contributed by atoms with van der Waals surface area (Å²) in [7, 11) is 0. The molecule has 0 saturated carbocycles. The van der Waals surface area contributed by atoms with Gasteiger partial charge < -0.3 is 14.4 Å². The van der Waals surface area contributed by atoms with Crippen LogP contribution in [0.25, 0.3) is 33.3 Å². The van der Waals surface area contributed by atoms with Crippen LogP contribution in [0, 0.1) is 0 Å². The maximum absolute atomic E-state index is 13.7. The zero-order chi connectivity index (χ0) is 25.4. The molecule has 5 aromatic rings. The average molecular weight is 530 g/mol. The molecule has 0 fully saturated rings. The average Bonchev–Trinajstić information content (AvgIpc) is 3.60. The van der Waals surface area contributed by atoms with Crippen molar-refractivity contribution in [3.63, 3.8) is 0 Å². The maximum atomic E-state index is 13.7. The predicted molar refractivity (Wildman–Crippen MR) is 124 cm³/mol. The quantitative estimate of drug-likeness (QED) is 0.292. The molecule has 2 aromatic carbocycles. The van der Waals surface area contributed by atoms with Crippen LogP contribution in [-0.2, 0) is 12.7 Å². The molecule has 0 aliphatic rings. The van der Waals surface area contributed by atoms with Crippen molar-refractivity contribution in [2.24, 2.45) is 0 Å². The van der Waals surface area contributed by atoms with Crippen molar-refractivity contribution in [3.05, 3.63) is 88.0 Å². The molecule has 3 aromatic heterocycles. The molecule has 0 saturated heterocycles. The third kappa shape index (κ3) is 4.75. The summed E-state index contributed by atoms with van der Waals surface area (Å²) < 4.78 is 47.8. The first-order valence-electron chi connectivity index (χ1n) is 10.3. The van der Waals surface area contributed by atoms with E-state index in [9.17, 15) is 23.1 Å². The Morgan fingerprint density at radius 1 is 1.08 bits per heavy atom. The van der Waals surface area contributed by atoms with Gasteiger partial charge in [0.2, 0.25) is 5.82 Å². The summed E-state index contributed by atoms with van der Waals surface area (Å²) in [5.74, 6) is -1.28. The SMILES string of the molecule is O=C([O-])c1ccn(Cc2ccc(-c3noc(-c4cc(-c5ccccc5)c(C(F)(F)F)s4)n3)cc2Cl)n1. The summed E-state index contributed by atoms with van der Waals surface area (Å²) in [6, 6.07) is 15.9. The van der Waals surface area contributed by atoms with Gasteiger partial charge in [0.05, 0.1) is 17.4 Å². The lowest BCUT2D eigenvalue weighted by Gasteiger charge is -2.07. The fraction of sp³-hybridized carbons (Fsp3) is 0.0833. The lowest BCUT2D eigenvalue weighted by molar-refractivity contribution is -0.255. The zero-order valence-corrected chi connectivity index (χ0v) is 19.6. The first-order chi connectivity index (χ1) is 17.2. The van der Waals surface area contributed by atoms with Crippen molar-refractivity contribution in [2.45, 2.75) is 12.7 Å². The Hall–Kier alpha value is -3.96. The van der Waals surface area contributed by atoms with E-state index in [1.165, 1.54) is 23.0 Å². The lowest BCUT2D eigenvalue weighted by atomic mass is 10.1. The van der Waals surface area contributed by atoms with Crippen molar-refractivity contribution in [1.29, 1.82) is 0 Å². The highest BCUT2D eigenvalue weighted by Gasteiger charge is 2.37. The Kier molecular flexibility index (Phi) is 6.10. The third-order valence-corrected chi connectivity index (χ3v) is 6.72. The molecule has 0 N–H and O–H groups in total. The number of nitrogens with zero attached hydrogens (tertiary/aromatic N) is 4. The second-order valence-corrected chi connectivity index (χ2v) is 9.09. The number of alkyl halides is 3. The van der Waals surface area contributed by atoms with E-state index in [4.69, 9.17) is 16.1 Å². The van der Waals surface area contributed by atoms with E-state index in [1.807, 2.05) is 0 Å². The molecule has 182 valence electrons. The molecule has 0 unspecified atom stereocenters. The Bertz CT molecular complexity index is 1560. The van der Waals surface area contributed by atoms with Crippen LogP contribution in [0.4, 0.5) is 13.2 Å². The number of carbonyl (C=O) groups is 1. The van der Waals surface area contributed by atoms with Gasteiger partial charge in [-0.05, 0) is 29.3 Å². The first-order valence-corrected chi connectivity index (χ1v) is 11.5. The van der Waals surface area contributed by atoms with E-state index >= 15 is 0 Å². The summed E-state index contributed by atoms with van der Waals surface area (Å²) in [5.41, 5.74) is 1.41. The molecule has 5 rings (SSSR count). The minimum atomic E-state index is -4.55. The molecule has 0 amide bonds. The number of carbonyl (C=O) groups excluding carboxylic acids is 1. The fourth-order valence-corrected chi connectivity index (χ4v) is 4.74. The van der Waals surface area contributed by atoms with Crippen LogP contribution in [-0.4, -0.2) is 25.9 Å². The third-order valence-electron chi connectivity index (χ3n) is 5.20. The molecule has 0 bridgehead atoms. The molecular weight excluding hydrogens is 517 g/mol. The van der Waals surface area contributed by atoms with Gasteiger partial charge in [-0.1, -0.05) is 59.2 Å². The van der Waals surface area contributed by atoms with Crippen molar-refractivity contribution in [2.75, 3.05) is 0 Å². The molecule has 0 atom stereocenters. The summed E-state index contributed by atoms with van der Waals surface area (Å²) in [6.45, 7) is 0.210. The molecule has 12 heteroatoms. The van der Waals surface area contributed by atoms with E-state index in [2.05, 4.69) is 15.2 Å². The van der Waals surface area contributed by atoms with E-state index in [-0.39, 0.29) is 34.4 Å². The molecule has 7 nitrogen and oxygen atoms in total. The van der Waals surface area contributed by atoms with E-state index in [1.54, 1.807) is 48.5 Å². The van der Waals surface area contributed by atoms with Gasteiger partial charge in [-0.2, -0.15) is 23.3 Å². The largest absolute Gasteiger partial charge is 0.543 e. The lowest BCUT2D eigenvalue weighted by Crippen LogP contribution is -2.23. The number of rotatable bonds is 6. The normalized spacial score (nSPS) is 11.7. The standard InChI is InChI=1S/C24H14ClF3N4O3S/c25-17-10-14(6-7-15(17)12-32-9-8-18(30-32)23(33)34)21-29-22(35-31-21)19-11-16(13-4-2-1-3-5-13)20(36-19)24(26,27)28/h1-11H,12H2,(H,33,34)/p-1. The number of aromatic carboxylic acids is 1. The molecule has 0 spiro atoms. The van der Waals surface area contributed by atoms with E-state index < -0.39 is 17.0 Å². The van der Waals surface area contributed by atoms with Crippen molar-refractivity contribution < 1.29 is 27.6 Å². The number of halogens is 4. The molecule has 0 aliphatic carbocycles. The number of benzene rings is 2. The summed E-state index contributed by atoms with van der Waals surface area (Å²) in [4.78, 5) is 14.6. The highest BCUT2D eigenvalue weighted by atomic mass is 35.5. The van der Waals surface area contributed by atoms with Gasteiger partial charge in [-0.3, -0.25) is 4.68 Å². The molecule has 0 radical (unpaired) electrons. The molecule has 36 heavy (non-hydrogen) atoms. The minimum Gasteiger partial charge on any atom is -0.543 e. The number of carboxylic acid groups (broad SMARTS) is 1. The highest BCUT2D eigenvalue weighted by molar-refractivity contribution is 7.16. The van der Waals surface area contributed by atoms with Crippen LogP contribution in [0.5, 0.6) is 0 Å². The number of hydrogen-bond donors (Lipinski definition) is 0. The van der Waals surface area contributed by atoms with Gasteiger partial charge in [-0.15, -0.1) is 11.3 Å². The van der Waals surface area contributed by atoms with Crippen LogP contribution in [0.15, 0.2) is 71.4 Å². The van der Waals surface area contributed by atoms with Crippen LogP contribution in [0.3, 0.4) is 0 Å². The second-order valence-electron chi connectivity index (χ2n) is 7.63. The number of thiophene rings is 1. The zero-order valence-electron chi connectivity index (χ0n) is 18.0. The van der Waals surface area contributed by atoms with E-state index in [0.29, 0.717) is 33.0 Å². The first kappa shape index (κ1) is 23.8. The second kappa shape index (κ2) is 9.25. The monoisotopic (exact) mass is 529 g/mol.